The second-order valence-electron chi connectivity index (χ2n) is 8.48. The number of hydrogen-bond acceptors (Lipinski definition) is 3. The predicted octanol–water partition coefficient (Wildman–Crippen LogP) is 6.04. The molecule has 0 saturated heterocycles. The van der Waals surface area contributed by atoms with Crippen molar-refractivity contribution in [3.8, 4) is 0 Å². The molecule has 2 aromatic carbocycles. The molecule has 0 aliphatic carbocycles. The maximum atomic E-state index is 13.7. The van der Waals surface area contributed by atoms with Gasteiger partial charge >= 0.3 is 0 Å². The summed E-state index contributed by atoms with van der Waals surface area (Å²) in [5.41, 5.74) is 5.71. The summed E-state index contributed by atoms with van der Waals surface area (Å²) in [5.74, 6) is 0.895. The Morgan fingerprint density at radius 3 is 2.68 bits per heavy atom. The van der Waals surface area contributed by atoms with Crippen molar-refractivity contribution in [2.75, 3.05) is 29.4 Å². The van der Waals surface area contributed by atoms with Gasteiger partial charge in [0.1, 0.15) is 11.6 Å². The van der Waals surface area contributed by atoms with Gasteiger partial charge in [-0.15, -0.1) is 0 Å². The van der Waals surface area contributed by atoms with E-state index in [-0.39, 0.29) is 5.82 Å². The summed E-state index contributed by atoms with van der Waals surface area (Å²) in [6, 6.07) is 15.9. The molecular weight excluding hydrogens is 387 g/mol. The molecule has 1 aliphatic heterocycles. The largest absolute Gasteiger partial charge is 0.365 e. The molecule has 0 bridgehead atoms. The Hall–Kier alpha value is -3.08. The van der Waals surface area contributed by atoms with Crippen LogP contribution in [0, 0.1) is 5.82 Å². The Kier molecular flexibility index (Phi) is 5.26. The Morgan fingerprint density at radius 2 is 1.87 bits per heavy atom. The van der Waals surface area contributed by atoms with E-state index in [2.05, 4.69) is 59.0 Å². The number of halogens is 1. The highest BCUT2D eigenvalue weighted by atomic mass is 19.1. The fourth-order valence-electron chi connectivity index (χ4n) is 4.79. The molecule has 0 saturated carbocycles. The normalized spacial score (nSPS) is 13.7. The number of nitrogens with one attached hydrogen (secondary N) is 1. The van der Waals surface area contributed by atoms with Crippen LogP contribution in [0.15, 0.2) is 48.5 Å². The lowest BCUT2D eigenvalue weighted by Crippen LogP contribution is -2.30. The topological polar surface area (TPSA) is 35.2 Å². The van der Waals surface area contributed by atoms with E-state index in [0.29, 0.717) is 0 Å². The van der Waals surface area contributed by atoms with Crippen LogP contribution in [0.5, 0.6) is 0 Å². The summed E-state index contributed by atoms with van der Waals surface area (Å²) >= 11 is 0. The minimum Gasteiger partial charge on any atom is -0.365 e. The highest BCUT2D eigenvalue weighted by molar-refractivity contribution is 5.86. The predicted molar refractivity (Wildman–Crippen MR) is 128 cm³/mol. The zero-order valence-corrected chi connectivity index (χ0v) is 18.3. The average molecular weight is 417 g/mol. The highest BCUT2D eigenvalue weighted by Crippen LogP contribution is 2.32. The summed E-state index contributed by atoms with van der Waals surface area (Å²) in [4.78, 5) is 13.2. The number of rotatable bonds is 6. The van der Waals surface area contributed by atoms with Crippen molar-refractivity contribution in [1.82, 2.24) is 9.97 Å². The first-order valence-corrected chi connectivity index (χ1v) is 11.4. The molecule has 0 unspecified atom stereocenters. The zero-order chi connectivity index (χ0) is 21.4. The lowest BCUT2D eigenvalue weighted by atomic mass is 10.0. The van der Waals surface area contributed by atoms with Crippen LogP contribution in [0.1, 0.15) is 37.9 Å². The highest BCUT2D eigenvalue weighted by Gasteiger charge is 2.21. The van der Waals surface area contributed by atoms with Crippen LogP contribution in [-0.2, 0) is 13.0 Å². The number of H-pyrrole nitrogens is 1. The van der Waals surface area contributed by atoms with Gasteiger partial charge < -0.3 is 14.8 Å². The molecular formula is C26H29FN4. The summed E-state index contributed by atoms with van der Waals surface area (Å²) < 4.78 is 13.7. The van der Waals surface area contributed by atoms with Crippen molar-refractivity contribution >= 4 is 33.3 Å². The van der Waals surface area contributed by atoms with E-state index >= 15 is 0 Å². The first kappa shape index (κ1) is 19.9. The van der Waals surface area contributed by atoms with E-state index in [0.717, 1.165) is 67.7 Å². The van der Waals surface area contributed by atoms with Crippen LogP contribution in [0.2, 0.25) is 0 Å². The second-order valence-corrected chi connectivity index (χ2v) is 8.48. The van der Waals surface area contributed by atoms with Crippen molar-refractivity contribution in [3.05, 3.63) is 65.6 Å². The summed E-state index contributed by atoms with van der Waals surface area (Å²) in [7, 11) is 0. The molecule has 0 fully saturated rings. The maximum Gasteiger partial charge on any atom is 0.129 e. The summed E-state index contributed by atoms with van der Waals surface area (Å²) in [6.45, 7) is 8.23. The van der Waals surface area contributed by atoms with Gasteiger partial charge in [0.2, 0.25) is 0 Å². The van der Waals surface area contributed by atoms with Crippen molar-refractivity contribution in [1.29, 1.82) is 0 Å². The van der Waals surface area contributed by atoms with Gasteiger partial charge in [-0.1, -0.05) is 13.8 Å². The molecule has 31 heavy (non-hydrogen) atoms. The van der Waals surface area contributed by atoms with Crippen LogP contribution in [-0.4, -0.2) is 29.6 Å². The number of fused-ring (bicyclic) bond motifs is 4. The molecule has 4 aromatic rings. The van der Waals surface area contributed by atoms with Gasteiger partial charge in [-0.3, -0.25) is 0 Å². The van der Waals surface area contributed by atoms with E-state index in [9.17, 15) is 4.39 Å². The van der Waals surface area contributed by atoms with Crippen molar-refractivity contribution < 1.29 is 4.39 Å². The van der Waals surface area contributed by atoms with Gasteiger partial charge in [-0.25, -0.2) is 9.37 Å². The fraction of sp³-hybridized carbons (Fsp3) is 0.346. The molecule has 4 nitrogen and oxygen atoms in total. The summed E-state index contributed by atoms with van der Waals surface area (Å²) in [6.07, 6.45) is 3.16. The Morgan fingerprint density at radius 1 is 1.03 bits per heavy atom. The summed E-state index contributed by atoms with van der Waals surface area (Å²) in [5, 5.41) is 2.19. The molecule has 0 amide bonds. The van der Waals surface area contributed by atoms with E-state index < -0.39 is 0 Å². The zero-order valence-electron chi connectivity index (χ0n) is 18.3. The Labute approximate surface area is 182 Å². The van der Waals surface area contributed by atoms with Crippen LogP contribution in [0.4, 0.5) is 15.9 Å². The maximum absolute atomic E-state index is 13.7. The second kappa shape index (κ2) is 8.22. The first-order valence-electron chi connectivity index (χ1n) is 11.4. The number of aromatic nitrogens is 2. The molecule has 3 heterocycles. The first-order chi connectivity index (χ1) is 15.2. The molecule has 2 aromatic heterocycles. The van der Waals surface area contributed by atoms with Gasteiger partial charge in [0.05, 0.1) is 12.1 Å². The average Bonchev–Trinajstić information content (AvgIpc) is 3.15. The molecule has 1 N–H and O–H groups in total. The number of pyridine rings is 1. The van der Waals surface area contributed by atoms with E-state index in [1.165, 1.54) is 28.4 Å². The van der Waals surface area contributed by atoms with Gasteiger partial charge in [0.25, 0.3) is 0 Å². The van der Waals surface area contributed by atoms with Crippen LogP contribution in [0.3, 0.4) is 0 Å². The third-order valence-corrected chi connectivity index (χ3v) is 6.27. The Bertz CT molecular complexity index is 1220. The van der Waals surface area contributed by atoms with Crippen molar-refractivity contribution in [2.24, 2.45) is 0 Å². The molecule has 1 aliphatic rings. The lowest BCUT2D eigenvalue weighted by molar-refractivity contribution is 0.629. The van der Waals surface area contributed by atoms with E-state index in [1.807, 2.05) is 6.07 Å². The molecule has 5 heteroatoms. The van der Waals surface area contributed by atoms with Crippen molar-refractivity contribution in [3.63, 3.8) is 0 Å². The smallest absolute Gasteiger partial charge is 0.129 e. The van der Waals surface area contributed by atoms with Gasteiger partial charge in [-0.2, -0.15) is 0 Å². The quantitative estimate of drug-likeness (QED) is 0.416. The number of nitrogens with zero attached hydrogens (tertiary/aromatic N) is 3. The SMILES string of the molecule is CCCN(CCC)c1ccc2cc(N3CCc4c([nH]c5ccc(F)cc45)C3)ccc2n1. The van der Waals surface area contributed by atoms with Crippen molar-refractivity contribution in [2.45, 2.75) is 39.7 Å². The number of aromatic amines is 1. The number of anilines is 2. The number of benzene rings is 2. The van der Waals surface area contributed by atoms with E-state index in [1.54, 1.807) is 6.07 Å². The molecule has 0 atom stereocenters. The molecule has 0 radical (unpaired) electrons. The molecule has 5 rings (SSSR count). The van der Waals surface area contributed by atoms with Gasteiger partial charge in [0, 0.05) is 47.3 Å². The fourth-order valence-corrected chi connectivity index (χ4v) is 4.79. The van der Waals surface area contributed by atoms with Gasteiger partial charge in [-0.05, 0) is 73.4 Å². The minimum absolute atomic E-state index is 0.172. The molecule has 160 valence electrons. The monoisotopic (exact) mass is 416 g/mol. The third-order valence-electron chi connectivity index (χ3n) is 6.27. The van der Waals surface area contributed by atoms with E-state index in [4.69, 9.17) is 4.98 Å². The van der Waals surface area contributed by atoms with Gasteiger partial charge in [0.15, 0.2) is 0 Å². The standard InChI is InChI=1S/C26H29FN4/c1-3-12-30(13-4-2)26-10-5-18-15-20(7-9-23(18)29-26)31-14-11-21-22-16-19(27)6-8-24(22)28-25(21)17-31/h5-10,15-16,28H,3-4,11-14,17H2,1-2H3. The Balaban J connectivity index is 1.42. The third kappa shape index (κ3) is 3.73. The van der Waals surface area contributed by atoms with Crippen LogP contribution >= 0.6 is 0 Å². The number of hydrogen-bond donors (Lipinski definition) is 1. The molecule has 0 spiro atoms. The lowest BCUT2D eigenvalue weighted by Gasteiger charge is -2.29. The minimum atomic E-state index is -0.172. The van der Waals surface area contributed by atoms with Crippen LogP contribution in [0.25, 0.3) is 21.8 Å². The van der Waals surface area contributed by atoms with Crippen LogP contribution < -0.4 is 9.80 Å².